The van der Waals surface area contributed by atoms with Crippen molar-refractivity contribution in [3.8, 4) is 17.2 Å². The second-order valence-electron chi connectivity index (χ2n) is 8.00. The standard InChI is InChI=1S/C26H34N2O9/c1-7-20(32-5)23(37-19-11-9-8-10-12-19)17(3)36-26(31)16(2)28-25(30)22-24(35-15-34-18(4)29)21(33-6)13-14-27-22/h8-14,16-17,20,23H,7,15H2,1-6H3,(H,28,30)/t16-,17-,20-,23-/m0/s1. The predicted octanol–water partition coefficient (Wildman–Crippen LogP) is 2.91. The average Bonchev–Trinajstić information content (AvgIpc) is 2.88. The van der Waals surface area contributed by atoms with Crippen LogP contribution in [-0.2, 0) is 23.8 Å². The Labute approximate surface area is 216 Å². The second-order valence-corrected chi connectivity index (χ2v) is 8.00. The number of hydrogen-bond acceptors (Lipinski definition) is 10. The van der Waals surface area contributed by atoms with Crippen molar-refractivity contribution in [1.82, 2.24) is 10.3 Å². The lowest BCUT2D eigenvalue weighted by atomic mass is 10.1. The number of nitrogens with zero attached hydrogens (tertiary/aromatic N) is 1. The summed E-state index contributed by atoms with van der Waals surface area (Å²) in [7, 11) is 2.95. The lowest BCUT2D eigenvalue weighted by Crippen LogP contribution is -2.47. The van der Waals surface area contributed by atoms with E-state index in [1.54, 1.807) is 26.2 Å². The number of hydrogen-bond donors (Lipinski definition) is 1. The summed E-state index contributed by atoms with van der Waals surface area (Å²) in [4.78, 5) is 40.9. The average molecular weight is 519 g/mol. The van der Waals surface area contributed by atoms with Gasteiger partial charge in [-0.3, -0.25) is 9.59 Å². The Balaban J connectivity index is 2.11. The molecule has 2 aromatic rings. The minimum atomic E-state index is -1.04. The summed E-state index contributed by atoms with van der Waals surface area (Å²) < 4.78 is 32.7. The van der Waals surface area contributed by atoms with Crippen LogP contribution in [0.1, 0.15) is 44.6 Å². The van der Waals surface area contributed by atoms with Gasteiger partial charge in [0.2, 0.25) is 6.79 Å². The number of aromatic nitrogens is 1. The minimum Gasteiger partial charge on any atom is -0.493 e. The van der Waals surface area contributed by atoms with Gasteiger partial charge in [-0.15, -0.1) is 0 Å². The van der Waals surface area contributed by atoms with Crippen molar-refractivity contribution in [3.63, 3.8) is 0 Å². The topological polar surface area (TPSA) is 132 Å². The molecule has 1 aromatic heterocycles. The van der Waals surface area contributed by atoms with E-state index in [1.165, 1.54) is 33.2 Å². The SMILES string of the molecule is CC[C@H](OC)[C@@H](Oc1ccccc1)[C@H](C)OC(=O)[C@H](C)NC(=O)c1nccc(OC)c1OCOC(C)=O. The molecule has 11 nitrogen and oxygen atoms in total. The van der Waals surface area contributed by atoms with Crippen LogP contribution in [0.25, 0.3) is 0 Å². The molecular weight excluding hydrogens is 484 g/mol. The molecule has 4 atom stereocenters. The van der Waals surface area contributed by atoms with Crippen LogP contribution < -0.4 is 19.5 Å². The fourth-order valence-corrected chi connectivity index (χ4v) is 3.40. The third-order valence-corrected chi connectivity index (χ3v) is 5.32. The van der Waals surface area contributed by atoms with Crippen LogP contribution in [0.5, 0.6) is 17.2 Å². The Morgan fingerprint density at radius 1 is 1.05 bits per heavy atom. The minimum absolute atomic E-state index is 0.0418. The van der Waals surface area contributed by atoms with Gasteiger partial charge >= 0.3 is 11.9 Å². The Morgan fingerprint density at radius 3 is 2.35 bits per heavy atom. The van der Waals surface area contributed by atoms with Crippen molar-refractivity contribution in [1.29, 1.82) is 0 Å². The largest absolute Gasteiger partial charge is 0.493 e. The number of ether oxygens (including phenoxy) is 6. The summed E-state index contributed by atoms with van der Waals surface area (Å²) in [6.45, 7) is 5.89. The number of carbonyl (C=O) groups is 3. The van der Waals surface area contributed by atoms with E-state index in [0.29, 0.717) is 12.2 Å². The summed E-state index contributed by atoms with van der Waals surface area (Å²) in [6, 6.07) is 9.59. The molecule has 11 heteroatoms. The zero-order chi connectivity index (χ0) is 27.4. The summed E-state index contributed by atoms with van der Waals surface area (Å²) in [5.74, 6) is -1.19. The van der Waals surface area contributed by atoms with Crippen LogP contribution in [0, 0.1) is 0 Å². The first kappa shape index (κ1) is 29.4. The molecule has 1 amide bonds. The predicted molar refractivity (Wildman–Crippen MR) is 132 cm³/mol. The summed E-state index contributed by atoms with van der Waals surface area (Å²) in [5.41, 5.74) is -0.157. The molecule has 0 unspecified atom stereocenters. The number of rotatable bonds is 14. The molecule has 0 aliphatic heterocycles. The second kappa shape index (κ2) is 14.6. The number of methoxy groups -OCH3 is 2. The van der Waals surface area contributed by atoms with Crippen LogP contribution in [0.3, 0.4) is 0 Å². The zero-order valence-electron chi connectivity index (χ0n) is 21.9. The Hall–Kier alpha value is -3.86. The molecule has 0 fully saturated rings. The highest BCUT2D eigenvalue weighted by Gasteiger charge is 2.32. The molecular formula is C26H34N2O9. The normalized spacial score (nSPS) is 13.9. The van der Waals surface area contributed by atoms with Crippen molar-refractivity contribution in [2.75, 3.05) is 21.0 Å². The van der Waals surface area contributed by atoms with Crippen LogP contribution in [0.4, 0.5) is 0 Å². The maximum absolute atomic E-state index is 12.9. The van der Waals surface area contributed by atoms with E-state index >= 15 is 0 Å². The van der Waals surface area contributed by atoms with Gasteiger partial charge in [0.05, 0.1) is 13.2 Å². The number of para-hydroxylation sites is 1. The van der Waals surface area contributed by atoms with Gasteiger partial charge in [0.1, 0.15) is 17.9 Å². The fourth-order valence-electron chi connectivity index (χ4n) is 3.40. The first-order chi connectivity index (χ1) is 17.7. The van der Waals surface area contributed by atoms with Crippen molar-refractivity contribution in [2.24, 2.45) is 0 Å². The molecule has 0 spiro atoms. The lowest BCUT2D eigenvalue weighted by molar-refractivity contribution is -0.159. The van der Waals surface area contributed by atoms with Crippen LogP contribution in [0.2, 0.25) is 0 Å². The molecule has 202 valence electrons. The molecule has 0 saturated heterocycles. The summed E-state index contributed by atoms with van der Waals surface area (Å²) >= 11 is 0. The van der Waals surface area contributed by atoms with Crippen molar-refractivity contribution < 1.29 is 42.8 Å². The Kier molecular flexibility index (Phi) is 11.6. The maximum atomic E-state index is 12.9. The van der Waals surface area contributed by atoms with E-state index in [-0.39, 0.29) is 23.3 Å². The highest BCUT2D eigenvalue weighted by molar-refractivity contribution is 5.98. The first-order valence-electron chi connectivity index (χ1n) is 11.8. The van der Waals surface area contributed by atoms with Gasteiger partial charge in [-0.05, 0) is 32.4 Å². The van der Waals surface area contributed by atoms with E-state index in [0.717, 1.165) is 0 Å². The van der Waals surface area contributed by atoms with E-state index in [2.05, 4.69) is 10.3 Å². The summed E-state index contributed by atoms with van der Waals surface area (Å²) in [5, 5.41) is 2.55. The zero-order valence-corrected chi connectivity index (χ0v) is 21.9. The highest BCUT2D eigenvalue weighted by atomic mass is 16.7. The molecule has 0 radical (unpaired) electrons. The smallest absolute Gasteiger partial charge is 0.328 e. The maximum Gasteiger partial charge on any atom is 0.328 e. The molecule has 1 aromatic carbocycles. The molecule has 2 rings (SSSR count). The molecule has 1 N–H and O–H groups in total. The molecule has 0 aliphatic carbocycles. The van der Waals surface area contributed by atoms with E-state index in [9.17, 15) is 14.4 Å². The van der Waals surface area contributed by atoms with E-state index < -0.39 is 42.9 Å². The van der Waals surface area contributed by atoms with Gasteiger partial charge in [-0.2, -0.15) is 0 Å². The van der Waals surface area contributed by atoms with Crippen LogP contribution in [0.15, 0.2) is 42.6 Å². The van der Waals surface area contributed by atoms with Gasteiger partial charge in [-0.1, -0.05) is 25.1 Å². The third-order valence-electron chi connectivity index (χ3n) is 5.32. The number of pyridine rings is 1. The van der Waals surface area contributed by atoms with Gasteiger partial charge in [0.15, 0.2) is 23.3 Å². The molecule has 0 bridgehead atoms. The number of amides is 1. The van der Waals surface area contributed by atoms with Crippen molar-refractivity contribution in [3.05, 3.63) is 48.3 Å². The quantitative estimate of drug-likeness (QED) is 0.294. The van der Waals surface area contributed by atoms with Gasteiger partial charge in [-0.25, -0.2) is 9.78 Å². The van der Waals surface area contributed by atoms with Gasteiger partial charge < -0.3 is 33.7 Å². The Bertz CT molecular complexity index is 1030. The number of esters is 2. The first-order valence-corrected chi connectivity index (χ1v) is 11.8. The molecule has 0 aliphatic rings. The van der Waals surface area contributed by atoms with E-state index in [1.807, 2.05) is 25.1 Å². The fraction of sp³-hybridized carbons (Fsp3) is 0.462. The van der Waals surface area contributed by atoms with E-state index in [4.69, 9.17) is 28.4 Å². The number of nitrogens with one attached hydrogen (secondary N) is 1. The monoisotopic (exact) mass is 518 g/mol. The number of carbonyl (C=O) groups excluding carboxylic acids is 3. The highest BCUT2D eigenvalue weighted by Crippen LogP contribution is 2.29. The molecule has 0 saturated carbocycles. The number of benzene rings is 1. The molecule has 1 heterocycles. The van der Waals surface area contributed by atoms with Gasteiger partial charge in [0.25, 0.3) is 5.91 Å². The molecule has 37 heavy (non-hydrogen) atoms. The lowest BCUT2D eigenvalue weighted by Gasteiger charge is -2.31. The van der Waals surface area contributed by atoms with Crippen LogP contribution >= 0.6 is 0 Å². The Morgan fingerprint density at radius 2 is 1.76 bits per heavy atom. The van der Waals surface area contributed by atoms with Crippen molar-refractivity contribution >= 4 is 17.8 Å². The van der Waals surface area contributed by atoms with Crippen molar-refractivity contribution in [2.45, 2.75) is 58.5 Å². The van der Waals surface area contributed by atoms with Gasteiger partial charge in [0, 0.05) is 26.3 Å². The van der Waals surface area contributed by atoms with Crippen LogP contribution in [-0.4, -0.2) is 68.2 Å². The summed E-state index contributed by atoms with van der Waals surface area (Å²) in [6.07, 6.45) is 0.337. The third kappa shape index (κ3) is 8.64.